The molecule has 0 aromatic heterocycles. The van der Waals surface area contributed by atoms with Crippen LogP contribution in [-0.4, -0.2) is 55.0 Å². The summed E-state index contributed by atoms with van der Waals surface area (Å²) in [6.45, 7) is 18.9. The summed E-state index contributed by atoms with van der Waals surface area (Å²) in [4.78, 5) is 30.0. The van der Waals surface area contributed by atoms with E-state index in [0.29, 0.717) is 27.4 Å². The average molecular weight is 551 g/mol. The van der Waals surface area contributed by atoms with Gasteiger partial charge >= 0.3 is 0 Å². The molecular weight excluding hydrogens is 500 g/mol. The summed E-state index contributed by atoms with van der Waals surface area (Å²) >= 11 is 7.09. The molecule has 37 heavy (non-hydrogen) atoms. The zero-order valence-corrected chi connectivity index (χ0v) is 26.1. The molecule has 1 unspecified atom stereocenters. The Labute approximate surface area is 234 Å². The lowest BCUT2D eigenvalue weighted by molar-refractivity contribution is -0.118. The van der Waals surface area contributed by atoms with E-state index in [9.17, 15) is 9.59 Å². The molecule has 1 atom stereocenters. The van der Waals surface area contributed by atoms with Gasteiger partial charge in [0, 0.05) is 33.2 Å². The van der Waals surface area contributed by atoms with Gasteiger partial charge in [-0.15, -0.1) is 11.8 Å². The van der Waals surface area contributed by atoms with Crippen LogP contribution in [0.1, 0.15) is 87.0 Å². The Morgan fingerprint density at radius 2 is 1.70 bits per heavy atom. The molecule has 210 valence electrons. The smallest absolute Gasteiger partial charge is 0.223 e. The Balaban J connectivity index is 2.13. The zero-order chi connectivity index (χ0) is 27.8. The van der Waals surface area contributed by atoms with E-state index in [1.54, 1.807) is 18.8 Å². The van der Waals surface area contributed by atoms with E-state index in [1.165, 1.54) is 19.3 Å². The molecule has 8 heteroatoms. The predicted octanol–water partition coefficient (Wildman–Crippen LogP) is 6.33. The highest BCUT2D eigenvalue weighted by Gasteiger charge is 2.42. The third-order valence-corrected chi connectivity index (χ3v) is 8.67. The molecule has 0 aliphatic heterocycles. The molecule has 0 spiro atoms. The molecule has 2 rings (SSSR count). The first-order valence-electron chi connectivity index (χ1n) is 14.1. The molecule has 6 nitrogen and oxygen atoms in total. The third-order valence-electron chi connectivity index (χ3n) is 7.05. The lowest BCUT2D eigenvalue weighted by atomic mass is 9.90. The number of nitrogens with zero attached hydrogens (tertiary/aromatic N) is 2. The summed E-state index contributed by atoms with van der Waals surface area (Å²) in [5, 5.41) is 6.48. The maximum Gasteiger partial charge on any atom is 0.223 e. The Bertz CT molecular complexity index is 985. The SMILES string of the molecule is CCN(CC)C1=C(NCCCCC(C)(C)C)C(SCN(CCCCC(C)C)c2c(NC)c(=O)c2=S)C1=O. The number of unbranched alkanes of at least 4 members (excludes halogenated alkanes) is 2. The second-order valence-corrected chi connectivity index (χ2v) is 13.2. The zero-order valence-electron chi connectivity index (χ0n) is 24.5. The van der Waals surface area contributed by atoms with E-state index in [4.69, 9.17) is 12.2 Å². The molecule has 0 bridgehead atoms. The number of Topliss-reactive ketones (excluding diaryl/α,β-unsaturated/α-hetero) is 1. The van der Waals surface area contributed by atoms with Gasteiger partial charge < -0.3 is 20.4 Å². The van der Waals surface area contributed by atoms with Crippen molar-refractivity contribution in [2.45, 2.75) is 92.2 Å². The van der Waals surface area contributed by atoms with Crippen LogP contribution in [0.4, 0.5) is 11.4 Å². The average Bonchev–Trinajstić information content (AvgIpc) is 2.84. The molecule has 0 heterocycles. The van der Waals surface area contributed by atoms with E-state index in [2.05, 4.69) is 68.9 Å². The van der Waals surface area contributed by atoms with Crippen molar-refractivity contribution < 1.29 is 4.79 Å². The molecule has 1 aromatic rings. The number of hydrogen-bond acceptors (Lipinski definition) is 8. The highest BCUT2D eigenvalue weighted by molar-refractivity contribution is 8.01. The number of hydrogen-bond donors (Lipinski definition) is 2. The third kappa shape index (κ3) is 8.47. The van der Waals surface area contributed by atoms with Crippen molar-refractivity contribution in [1.29, 1.82) is 0 Å². The van der Waals surface area contributed by atoms with Gasteiger partial charge in [0.05, 0.1) is 17.3 Å². The van der Waals surface area contributed by atoms with Crippen LogP contribution in [0, 0.1) is 15.8 Å². The maximum absolute atomic E-state index is 13.3. The van der Waals surface area contributed by atoms with Gasteiger partial charge in [0.1, 0.15) is 21.1 Å². The number of likely N-dealkylation sites (N-methyl/N-ethyl adjacent to an activating group) is 1. The summed E-state index contributed by atoms with van der Waals surface area (Å²) in [6, 6.07) is 0. The first-order valence-corrected chi connectivity index (χ1v) is 15.6. The monoisotopic (exact) mass is 550 g/mol. The number of rotatable bonds is 18. The highest BCUT2D eigenvalue weighted by Crippen LogP contribution is 2.37. The number of thioether (sulfide) groups is 1. The van der Waals surface area contributed by atoms with E-state index in [0.717, 1.165) is 62.5 Å². The fourth-order valence-electron chi connectivity index (χ4n) is 4.81. The molecular formula is C29H50N4O2S2. The minimum absolute atomic E-state index is 0.0780. The Kier molecular flexibility index (Phi) is 12.5. The van der Waals surface area contributed by atoms with Crippen LogP contribution < -0.4 is 21.0 Å². The minimum atomic E-state index is -0.195. The molecule has 0 amide bonds. The van der Waals surface area contributed by atoms with Gasteiger partial charge in [0.15, 0.2) is 5.78 Å². The number of carbonyl (C=O) groups is 1. The second kappa shape index (κ2) is 14.6. The van der Waals surface area contributed by atoms with Crippen LogP contribution in [0.3, 0.4) is 0 Å². The van der Waals surface area contributed by atoms with Crippen LogP contribution in [0.25, 0.3) is 0 Å². The van der Waals surface area contributed by atoms with Crippen molar-refractivity contribution >= 4 is 41.1 Å². The van der Waals surface area contributed by atoms with Gasteiger partial charge in [-0.25, -0.2) is 0 Å². The van der Waals surface area contributed by atoms with Crippen molar-refractivity contribution in [3.05, 3.63) is 26.1 Å². The van der Waals surface area contributed by atoms with Crippen molar-refractivity contribution in [3.8, 4) is 0 Å². The topological polar surface area (TPSA) is 64.7 Å². The number of carbonyl (C=O) groups excluding carboxylic acids is 1. The molecule has 1 aromatic carbocycles. The molecule has 0 saturated carbocycles. The van der Waals surface area contributed by atoms with Gasteiger partial charge in [-0.1, -0.05) is 66.1 Å². The number of allylic oxidation sites excluding steroid dienone is 1. The second-order valence-electron chi connectivity index (χ2n) is 11.7. The normalized spacial score (nSPS) is 15.9. The number of anilines is 2. The number of ketones is 1. The van der Waals surface area contributed by atoms with Crippen molar-refractivity contribution in [3.63, 3.8) is 0 Å². The number of nitrogens with one attached hydrogen (secondary N) is 2. The summed E-state index contributed by atoms with van der Waals surface area (Å²) in [7, 11) is 1.77. The molecule has 1 aliphatic rings. The van der Waals surface area contributed by atoms with Crippen molar-refractivity contribution in [1.82, 2.24) is 10.2 Å². The summed E-state index contributed by atoms with van der Waals surface area (Å²) < 4.78 is 0.408. The summed E-state index contributed by atoms with van der Waals surface area (Å²) in [5.41, 5.74) is 3.64. The lowest BCUT2D eigenvalue weighted by Gasteiger charge is -2.39. The van der Waals surface area contributed by atoms with Crippen LogP contribution in [0.15, 0.2) is 16.2 Å². The summed E-state index contributed by atoms with van der Waals surface area (Å²) in [5.74, 6) is 1.52. The standard InChI is InChI=1S/C29H50N4O2S2/c1-9-32(10-2)23-22(31-17-13-12-16-29(5,6)7)28(26(23)35)37-19-33(18-14-11-15-20(3)4)24-21(30-8)25(34)27(24)36/h20,28,30-31H,9-19H2,1-8H3. The van der Waals surface area contributed by atoms with E-state index >= 15 is 0 Å². The van der Waals surface area contributed by atoms with Crippen LogP contribution >= 0.6 is 24.0 Å². The van der Waals surface area contributed by atoms with E-state index < -0.39 is 0 Å². The Morgan fingerprint density at radius 3 is 2.27 bits per heavy atom. The molecule has 0 fully saturated rings. The highest BCUT2D eigenvalue weighted by atomic mass is 32.2. The van der Waals surface area contributed by atoms with Crippen LogP contribution in [-0.2, 0) is 4.79 Å². The predicted molar refractivity (Wildman–Crippen MR) is 164 cm³/mol. The van der Waals surface area contributed by atoms with E-state index in [-0.39, 0.29) is 16.5 Å². The van der Waals surface area contributed by atoms with Crippen LogP contribution in [0.5, 0.6) is 0 Å². The van der Waals surface area contributed by atoms with Gasteiger partial charge in [-0.3, -0.25) is 9.59 Å². The maximum atomic E-state index is 13.3. The summed E-state index contributed by atoms with van der Waals surface area (Å²) in [6.07, 6.45) is 6.82. The van der Waals surface area contributed by atoms with Gasteiger partial charge in [-0.05, 0) is 44.4 Å². The fourth-order valence-corrected chi connectivity index (χ4v) is 6.36. The van der Waals surface area contributed by atoms with Gasteiger partial charge in [0.2, 0.25) is 5.43 Å². The largest absolute Gasteiger partial charge is 0.385 e. The molecule has 0 saturated heterocycles. The first-order chi connectivity index (χ1) is 17.5. The molecule has 0 radical (unpaired) electrons. The minimum Gasteiger partial charge on any atom is -0.385 e. The first kappa shape index (κ1) is 31.7. The fraction of sp³-hybridized carbons (Fsp3) is 0.759. The quantitative estimate of drug-likeness (QED) is 0.125. The van der Waals surface area contributed by atoms with Gasteiger partial charge in [0.25, 0.3) is 0 Å². The molecule has 2 N–H and O–H groups in total. The van der Waals surface area contributed by atoms with Gasteiger partial charge in [-0.2, -0.15) is 0 Å². The lowest BCUT2D eigenvalue weighted by Crippen LogP contribution is -2.49. The molecule has 1 aliphatic carbocycles. The van der Waals surface area contributed by atoms with E-state index in [1.807, 2.05) is 0 Å². The van der Waals surface area contributed by atoms with Crippen LogP contribution in [0.2, 0.25) is 0 Å². The van der Waals surface area contributed by atoms with Crippen molar-refractivity contribution in [2.75, 3.05) is 49.3 Å². The Morgan fingerprint density at radius 1 is 1.03 bits per heavy atom. The Hall–Kier alpha value is -1.54. The van der Waals surface area contributed by atoms with Crippen molar-refractivity contribution in [2.24, 2.45) is 11.3 Å².